The Morgan fingerprint density at radius 2 is 1.73 bits per heavy atom. The molecule has 0 heterocycles. The van der Waals surface area contributed by atoms with Gasteiger partial charge in [0.2, 0.25) is 0 Å². The van der Waals surface area contributed by atoms with Gasteiger partial charge in [0.25, 0.3) is 0 Å². The molecule has 0 N–H and O–H groups in total. The van der Waals surface area contributed by atoms with E-state index in [-0.39, 0.29) is 12.8 Å². The predicted octanol–water partition coefficient (Wildman–Crippen LogP) is 1.57. The van der Waals surface area contributed by atoms with Crippen LogP contribution in [0.25, 0.3) is 0 Å². The first kappa shape index (κ1) is 8.90. The Balaban J connectivity index is 2.70. The number of alkyl halides is 1. The maximum absolute atomic E-state index is 12.7. The normalized spacial score (nSPS) is 33.6. The zero-order valence-electron chi connectivity index (χ0n) is 5.96. The van der Waals surface area contributed by atoms with Gasteiger partial charge in [-0.05, 0) is 12.8 Å². The Morgan fingerprint density at radius 3 is 2.09 bits per heavy atom. The lowest BCUT2D eigenvalue weighted by atomic mass is 9.98. The van der Waals surface area contributed by atoms with E-state index in [1.54, 1.807) is 0 Å². The minimum absolute atomic E-state index is 0.125. The molecule has 0 aromatic carbocycles. The first-order valence-electron chi connectivity index (χ1n) is 3.59. The fraction of sp³-hybridized carbons (Fsp3) is 1.00. The summed E-state index contributed by atoms with van der Waals surface area (Å²) < 4.78 is 45.6. The maximum atomic E-state index is 12.7. The highest BCUT2D eigenvalue weighted by Crippen LogP contribution is 2.27. The Hall–Kier alpha value is -0.190. The van der Waals surface area contributed by atoms with Crippen molar-refractivity contribution in [2.75, 3.05) is 0 Å². The van der Waals surface area contributed by atoms with Crippen LogP contribution in [-0.2, 0) is 10.2 Å². The largest absolute Gasteiger partial charge is 0.308 e. The van der Waals surface area contributed by atoms with E-state index in [2.05, 4.69) is 0 Å². The van der Waals surface area contributed by atoms with E-state index >= 15 is 0 Å². The highest BCUT2D eigenvalue weighted by molar-refractivity contribution is 7.87. The van der Waals surface area contributed by atoms with Gasteiger partial charge in [-0.15, -0.1) is 3.89 Å². The molecule has 1 aliphatic rings. The molecule has 11 heavy (non-hydrogen) atoms. The molecule has 0 aliphatic heterocycles. The van der Waals surface area contributed by atoms with Crippen LogP contribution in [0.4, 0.5) is 8.28 Å². The molecule has 1 saturated carbocycles. The quantitative estimate of drug-likeness (QED) is 0.579. The SMILES string of the molecule is O=S(=O)(F)[C@@H]1CCCC[C@H]1F. The van der Waals surface area contributed by atoms with Crippen LogP contribution in [0.2, 0.25) is 0 Å². The summed E-state index contributed by atoms with van der Waals surface area (Å²) in [7, 11) is -4.65. The third-order valence-electron chi connectivity index (χ3n) is 1.98. The zero-order valence-corrected chi connectivity index (χ0v) is 6.78. The summed E-state index contributed by atoms with van der Waals surface area (Å²) in [6, 6.07) is 0. The van der Waals surface area contributed by atoms with Crippen LogP contribution in [0.15, 0.2) is 0 Å². The third kappa shape index (κ3) is 2.12. The molecule has 0 bridgehead atoms. The van der Waals surface area contributed by atoms with Crippen molar-refractivity contribution in [2.24, 2.45) is 0 Å². The van der Waals surface area contributed by atoms with Gasteiger partial charge in [-0.25, -0.2) is 4.39 Å². The lowest BCUT2D eigenvalue weighted by molar-refractivity contribution is 0.249. The van der Waals surface area contributed by atoms with Crippen LogP contribution in [-0.4, -0.2) is 19.8 Å². The molecule has 1 fully saturated rings. The van der Waals surface area contributed by atoms with E-state index in [4.69, 9.17) is 0 Å². The van der Waals surface area contributed by atoms with Gasteiger partial charge < -0.3 is 0 Å². The highest BCUT2D eigenvalue weighted by atomic mass is 32.3. The Bertz CT molecular complexity index is 225. The molecule has 0 saturated heterocycles. The van der Waals surface area contributed by atoms with Gasteiger partial charge in [-0.2, -0.15) is 8.42 Å². The van der Waals surface area contributed by atoms with Crippen LogP contribution in [0.5, 0.6) is 0 Å². The van der Waals surface area contributed by atoms with E-state index in [9.17, 15) is 16.7 Å². The zero-order chi connectivity index (χ0) is 8.48. The molecular weight excluding hydrogens is 174 g/mol. The van der Waals surface area contributed by atoms with E-state index < -0.39 is 21.6 Å². The molecule has 0 amide bonds. The summed E-state index contributed by atoms with van der Waals surface area (Å²) in [6.45, 7) is 0. The van der Waals surface area contributed by atoms with Crippen molar-refractivity contribution in [3.8, 4) is 0 Å². The van der Waals surface area contributed by atoms with Crippen molar-refractivity contribution in [2.45, 2.75) is 37.1 Å². The van der Waals surface area contributed by atoms with Crippen LogP contribution in [0.1, 0.15) is 25.7 Å². The van der Waals surface area contributed by atoms with Gasteiger partial charge in [0.05, 0.1) is 0 Å². The van der Waals surface area contributed by atoms with Crippen molar-refractivity contribution in [3.05, 3.63) is 0 Å². The van der Waals surface area contributed by atoms with Crippen molar-refractivity contribution in [3.63, 3.8) is 0 Å². The fourth-order valence-corrected chi connectivity index (χ4v) is 2.31. The standard InChI is InChI=1S/C6H10F2O2S/c7-5-3-1-2-4-6(5)11(8,9)10/h5-6H,1-4H2/t5-,6-/m1/s1. The van der Waals surface area contributed by atoms with Gasteiger partial charge >= 0.3 is 10.2 Å². The van der Waals surface area contributed by atoms with E-state index in [1.807, 2.05) is 0 Å². The second kappa shape index (κ2) is 3.05. The minimum Gasteiger partial charge on any atom is -0.246 e. The van der Waals surface area contributed by atoms with Crippen LogP contribution < -0.4 is 0 Å². The summed E-state index contributed by atoms with van der Waals surface area (Å²) in [5, 5.41) is -1.39. The summed E-state index contributed by atoms with van der Waals surface area (Å²) in [4.78, 5) is 0. The topological polar surface area (TPSA) is 34.1 Å². The molecule has 0 radical (unpaired) electrons. The lowest BCUT2D eigenvalue weighted by Gasteiger charge is -2.21. The molecule has 0 aromatic heterocycles. The van der Waals surface area contributed by atoms with Crippen molar-refractivity contribution < 1.29 is 16.7 Å². The smallest absolute Gasteiger partial charge is 0.246 e. The monoisotopic (exact) mass is 184 g/mol. The van der Waals surface area contributed by atoms with Gasteiger partial charge in [0, 0.05) is 0 Å². The predicted molar refractivity (Wildman–Crippen MR) is 37.2 cm³/mol. The molecule has 5 heteroatoms. The minimum atomic E-state index is -4.65. The summed E-state index contributed by atoms with van der Waals surface area (Å²) in [6.07, 6.45) is 0.0636. The number of rotatable bonds is 1. The summed E-state index contributed by atoms with van der Waals surface area (Å²) >= 11 is 0. The second-order valence-corrected chi connectivity index (χ2v) is 4.37. The van der Waals surface area contributed by atoms with Crippen LogP contribution in [0, 0.1) is 0 Å². The maximum Gasteiger partial charge on any atom is 0.308 e. The van der Waals surface area contributed by atoms with Gasteiger partial charge in [-0.1, -0.05) is 12.8 Å². The van der Waals surface area contributed by atoms with Crippen molar-refractivity contribution >= 4 is 10.2 Å². The van der Waals surface area contributed by atoms with E-state index in [1.165, 1.54) is 0 Å². The summed E-state index contributed by atoms with van der Waals surface area (Å²) in [5.74, 6) is 0. The second-order valence-electron chi connectivity index (χ2n) is 2.81. The molecule has 66 valence electrons. The first-order valence-corrected chi connectivity index (χ1v) is 5.04. The summed E-state index contributed by atoms with van der Waals surface area (Å²) in [5.41, 5.74) is 0. The van der Waals surface area contributed by atoms with Gasteiger partial charge in [0.15, 0.2) is 0 Å². The molecule has 0 spiro atoms. The molecule has 1 rings (SSSR count). The van der Waals surface area contributed by atoms with Gasteiger partial charge in [0.1, 0.15) is 11.4 Å². The average molecular weight is 184 g/mol. The van der Waals surface area contributed by atoms with E-state index in [0.29, 0.717) is 12.8 Å². The highest BCUT2D eigenvalue weighted by Gasteiger charge is 2.35. The number of hydrogen-bond donors (Lipinski definition) is 0. The Morgan fingerprint density at radius 1 is 1.18 bits per heavy atom. The third-order valence-corrected chi connectivity index (χ3v) is 3.24. The van der Waals surface area contributed by atoms with Crippen molar-refractivity contribution in [1.82, 2.24) is 0 Å². The van der Waals surface area contributed by atoms with E-state index in [0.717, 1.165) is 0 Å². The number of halogens is 2. The average Bonchev–Trinajstić information content (AvgIpc) is 1.86. The molecule has 1 aliphatic carbocycles. The molecule has 2 nitrogen and oxygen atoms in total. The fourth-order valence-electron chi connectivity index (χ4n) is 1.37. The Labute approximate surface area is 64.8 Å². The molecule has 0 aromatic rings. The van der Waals surface area contributed by atoms with Crippen LogP contribution >= 0.6 is 0 Å². The molecule has 0 unspecified atom stereocenters. The van der Waals surface area contributed by atoms with Gasteiger partial charge in [-0.3, -0.25) is 0 Å². The first-order chi connectivity index (χ1) is 5.02. The van der Waals surface area contributed by atoms with Crippen molar-refractivity contribution in [1.29, 1.82) is 0 Å². The number of hydrogen-bond acceptors (Lipinski definition) is 2. The molecular formula is C6H10F2O2S. The van der Waals surface area contributed by atoms with Crippen LogP contribution in [0.3, 0.4) is 0 Å². The Kier molecular flexibility index (Phi) is 2.47. The molecule has 2 atom stereocenters. The lowest BCUT2D eigenvalue weighted by Crippen LogP contribution is -2.31.